The molecule has 0 spiro atoms. The van der Waals surface area contributed by atoms with Crippen LogP contribution in [0.1, 0.15) is 36.8 Å². The first-order chi connectivity index (χ1) is 14.7. The lowest BCUT2D eigenvalue weighted by Crippen LogP contribution is -2.27. The summed E-state index contributed by atoms with van der Waals surface area (Å²) in [5, 5.41) is 16.1. The molecule has 1 aromatic carbocycles. The largest absolute Gasteiger partial charge is 0.573 e. The highest BCUT2D eigenvalue weighted by molar-refractivity contribution is 5.99. The average Bonchev–Trinajstić information content (AvgIpc) is 3.09. The second kappa shape index (κ2) is 10.9. The van der Waals surface area contributed by atoms with Crippen LogP contribution in [0.3, 0.4) is 0 Å². The number of aromatic nitrogens is 2. The van der Waals surface area contributed by atoms with Crippen LogP contribution in [0.2, 0.25) is 0 Å². The van der Waals surface area contributed by atoms with E-state index in [-0.39, 0.29) is 30.3 Å². The molecule has 0 aliphatic heterocycles. The lowest BCUT2D eigenvalue weighted by atomic mass is 10.3. The number of anilines is 2. The molecule has 166 valence electrons. The van der Waals surface area contributed by atoms with E-state index < -0.39 is 24.1 Å². The number of halogens is 3. The molecule has 3 N–H and O–H groups in total. The van der Waals surface area contributed by atoms with Crippen LogP contribution < -0.4 is 20.7 Å². The molecule has 1 aromatic heterocycles. The minimum absolute atomic E-state index is 0.0929. The monoisotopic (exact) mass is 438 g/mol. The molecule has 0 aliphatic carbocycles. The van der Waals surface area contributed by atoms with Gasteiger partial charge >= 0.3 is 12.4 Å². The van der Waals surface area contributed by atoms with Gasteiger partial charge in [0.1, 0.15) is 5.75 Å². The number of imidazole rings is 1. The molecule has 9 nitrogen and oxygen atoms in total. The summed E-state index contributed by atoms with van der Waals surface area (Å²) in [6.07, 6.45) is -1.48. The van der Waals surface area contributed by atoms with E-state index in [1.54, 1.807) is 4.57 Å². The van der Waals surface area contributed by atoms with Crippen LogP contribution in [-0.4, -0.2) is 34.4 Å². The number of ether oxygens (including phenoxy) is 1. The van der Waals surface area contributed by atoms with Crippen LogP contribution in [-0.2, 0) is 6.54 Å². The Morgan fingerprint density at radius 1 is 1.23 bits per heavy atom. The molecular weight excluding hydrogens is 417 g/mol. The van der Waals surface area contributed by atoms with Crippen molar-refractivity contribution in [2.45, 2.75) is 39.1 Å². The highest BCUT2D eigenvalue weighted by atomic mass is 19.4. The standard InChI is InChI=1S/C19H21F3N6O3/c1-2-3-11-28-12-15(26-16(28)17(29)24-10-4-9-23)27-18(30)25-13-5-7-14(8-6-13)31-19(20,21)22/h5-8,12H,2-4,10-11H2,1H3,(H,24,29)(H2,25,27,30). The minimum atomic E-state index is -4.80. The minimum Gasteiger partial charge on any atom is -0.406 e. The van der Waals surface area contributed by atoms with Crippen LogP contribution in [0.25, 0.3) is 0 Å². The second-order valence-electron chi connectivity index (χ2n) is 6.31. The summed E-state index contributed by atoms with van der Waals surface area (Å²) >= 11 is 0. The zero-order chi connectivity index (χ0) is 22.9. The SMILES string of the molecule is CCCCn1cc(NC(=O)Nc2ccc(OC(F)(F)F)cc2)nc1C(=O)NCCC#N. The molecule has 0 radical (unpaired) electrons. The second-order valence-corrected chi connectivity index (χ2v) is 6.31. The number of nitriles is 1. The number of rotatable bonds is 9. The van der Waals surface area contributed by atoms with Gasteiger partial charge in [-0.3, -0.25) is 10.1 Å². The highest BCUT2D eigenvalue weighted by Gasteiger charge is 2.31. The fourth-order valence-electron chi connectivity index (χ4n) is 2.49. The summed E-state index contributed by atoms with van der Waals surface area (Å²) in [7, 11) is 0. The van der Waals surface area contributed by atoms with Crippen molar-refractivity contribution in [1.29, 1.82) is 5.26 Å². The number of nitrogens with one attached hydrogen (secondary N) is 3. The summed E-state index contributed by atoms with van der Waals surface area (Å²) in [6, 6.07) is 5.84. The smallest absolute Gasteiger partial charge is 0.406 e. The van der Waals surface area contributed by atoms with Gasteiger partial charge in [-0.2, -0.15) is 5.26 Å². The zero-order valence-corrected chi connectivity index (χ0v) is 16.6. The number of hydrogen-bond donors (Lipinski definition) is 3. The van der Waals surface area contributed by atoms with Gasteiger partial charge in [-0.05, 0) is 30.7 Å². The number of urea groups is 1. The molecule has 2 rings (SSSR count). The first-order valence-corrected chi connectivity index (χ1v) is 9.38. The fraction of sp³-hybridized carbons (Fsp3) is 0.368. The maximum Gasteiger partial charge on any atom is 0.573 e. The molecule has 0 bridgehead atoms. The Hall–Kier alpha value is -3.75. The number of nitrogens with zero attached hydrogens (tertiary/aromatic N) is 3. The van der Waals surface area contributed by atoms with Crippen LogP contribution in [0.5, 0.6) is 5.75 Å². The number of aryl methyl sites for hydroxylation is 1. The summed E-state index contributed by atoms with van der Waals surface area (Å²) in [6.45, 7) is 2.67. The fourth-order valence-corrected chi connectivity index (χ4v) is 2.49. The Morgan fingerprint density at radius 2 is 1.94 bits per heavy atom. The summed E-state index contributed by atoms with van der Waals surface area (Å²) in [5.74, 6) is -0.674. The molecule has 0 fully saturated rings. The zero-order valence-electron chi connectivity index (χ0n) is 16.6. The van der Waals surface area contributed by atoms with E-state index >= 15 is 0 Å². The molecule has 0 unspecified atom stereocenters. The maximum absolute atomic E-state index is 12.3. The Balaban J connectivity index is 2.03. The Labute approximate surface area is 176 Å². The lowest BCUT2D eigenvalue weighted by molar-refractivity contribution is -0.274. The van der Waals surface area contributed by atoms with Crippen LogP contribution in [0.15, 0.2) is 30.5 Å². The van der Waals surface area contributed by atoms with Crippen molar-refractivity contribution in [3.05, 3.63) is 36.3 Å². The van der Waals surface area contributed by atoms with E-state index in [9.17, 15) is 22.8 Å². The van der Waals surface area contributed by atoms with Crippen molar-refractivity contribution in [3.8, 4) is 11.8 Å². The third-order valence-corrected chi connectivity index (χ3v) is 3.84. The Morgan fingerprint density at radius 3 is 2.55 bits per heavy atom. The molecule has 31 heavy (non-hydrogen) atoms. The molecular formula is C19H21F3N6O3. The van der Waals surface area contributed by atoms with Gasteiger partial charge in [0.05, 0.1) is 12.5 Å². The predicted octanol–water partition coefficient (Wildman–Crippen LogP) is 3.87. The first kappa shape index (κ1) is 23.5. The number of carbonyl (C=O) groups excluding carboxylic acids is 2. The number of amides is 3. The van der Waals surface area contributed by atoms with Crippen molar-refractivity contribution >= 4 is 23.4 Å². The topological polar surface area (TPSA) is 121 Å². The summed E-state index contributed by atoms with van der Waals surface area (Å²) in [5.41, 5.74) is 0.229. The third-order valence-electron chi connectivity index (χ3n) is 3.84. The average molecular weight is 438 g/mol. The van der Waals surface area contributed by atoms with Crippen molar-refractivity contribution in [2.24, 2.45) is 0 Å². The van der Waals surface area contributed by atoms with Gasteiger partial charge in [-0.25, -0.2) is 9.78 Å². The molecule has 0 aliphatic rings. The number of alkyl halides is 3. The van der Waals surface area contributed by atoms with Gasteiger partial charge in [0.15, 0.2) is 5.82 Å². The van der Waals surface area contributed by atoms with Gasteiger partial charge < -0.3 is 19.9 Å². The van der Waals surface area contributed by atoms with Gasteiger partial charge in [-0.1, -0.05) is 13.3 Å². The van der Waals surface area contributed by atoms with Crippen molar-refractivity contribution in [1.82, 2.24) is 14.9 Å². The summed E-state index contributed by atoms with van der Waals surface area (Å²) < 4.78 is 42.0. The highest BCUT2D eigenvalue weighted by Crippen LogP contribution is 2.24. The van der Waals surface area contributed by atoms with Gasteiger partial charge in [0, 0.05) is 25.0 Å². The molecule has 12 heteroatoms. The van der Waals surface area contributed by atoms with Gasteiger partial charge in [0.25, 0.3) is 5.91 Å². The summed E-state index contributed by atoms with van der Waals surface area (Å²) in [4.78, 5) is 28.6. The first-order valence-electron chi connectivity index (χ1n) is 9.38. The van der Waals surface area contributed by atoms with E-state index in [4.69, 9.17) is 5.26 Å². The van der Waals surface area contributed by atoms with Crippen molar-refractivity contribution in [3.63, 3.8) is 0 Å². The third kappa shape index (κ3) is 7.88. The molecule has 1 heterocycles. The van der Waals surface area contributed by atoms with E-state index in [0.717, 1.165) is 25.0 Å². The van der Waals surface area contributed by atoms with E-state index in [1.165, 1.54) is 18.3 Å². The Bertz CT molecular complexity index is 935. The normalized spacial score (nSPS) is 10.8. The van der Waals surface area contributed by atoms with Gasteiger partial charge in [0.2, 0.25) is 5.82 Å². The molecule has 3 amide bonds. The van der Waals surface area contributed by atoms with Gasteiger partial charge in [-0.15, -0.1) is 13.2 Å². The molecule has 0 atom stereocenters. The van der Waals surface area contributed by atoms with Crippen molar-refractivity contribution < 1.29 is 27.5 Å². The maximum atomic E-state index is 12.3. The molecule has 0 saturated heterocycles. The van der Waals surface area contributed by atoms with E-state index in [2.05, 4.69) is 25.7 Å². The number of benzene rings is 1. The number of hydrogen-bond acceptors (Lipinski definition) is 5. The van der Waals surface area contributed by atoms with Crippen LogP contribution in [0.4, 0.5) is 29.5 Å². The van der Waals surface area contributed by atoms with Crippen LogP contribution in [0, 0.1) is 11.3 Å². The predicted molar refractivity (Wildman–Crippen MR) is 105 cm³/mol. The van der Waals surface area contributed by atoms with Crippen LogP contribution >= 0.6 is 0 Å². The van der Waals surface area contributed by atoms with E-state index in [0.29, 0.717) is 6.54 Å². The molecule has 2 aromatic rings. The number of carbonyl (C=O) groups is 2. The number of unbranched alkanes of at least 4 members (excludes halogenated alkanes) is 1. The van der Waals surface area contributed by atoms with E-state index in [1.807, 2.05) is 13.0 Å². The Kier molecular flexibility index (Phi) is 8.25. The quantitative estimate of drug-likeness (QED) is 0.513. The van der Waals surface area contributed by atoms with Crippen molar-refractivity contribution in [2.75, 3.05) is 17.2 Å². The lowest BCUT2D eigenvalue weighted by Gasteiger charge is -2.10. The molecule has 0 saturated carbocycles.